The minimum absolute atomic E-state index is 0.0700. The van der Waals surface area contributed by atoms with Crippen LogP contribution in [0, 0.1) is 11.6 Å². The zero-order valence-corrected chi connectivity index (χ0v) is 9.32. The number of hydrogen-bond acceptors (Lipinski definition) is 2. The second-order valence-electron chi connectivity index (χ2n) is 2.93. The van der Waals surface area contributed by atoms with Gasteiger partial charge >= 0.3 is 0 Å². The second-order valence-corrected chi connectivity index (χ2v) is 3.78. The summed E-state index contributed by atoms with van der Waals surface area (Å²) >= 11 is 2.94. The van der Waals surface area contributed by atoms with Crippen LogP contribution < -0.4 is 5.32 Å². The van der Waals surface area contributed by atoms with Crippen molar-refractivity contribution in [1.29, 1.82) is 0 Å². The Labute approximate surface area is 89.1 Å². The number of phenols is 1. The quantitative estimate of drug-likeness (QED) is 0.806. The molecule has 1 atom stereocenters. The van der Waals surface area contributed by atoms with Crippen LogP contribution in [0.3, 0.4) is 0 Å². The van der Waals surface area contributed by atoms with Crippen molar-refractivity contribution in [2.24, 2.45) is 0 Å². The molecule has 1 aromatic rings. The largest absolute Gasteiger partial charge is 0.506 e. The Hall–Kier alpha value is -0.680. The van der Waals surface area contributed by atoms with Gasteiger partial charge in [0.05, 0.1) is 10.0 Å². The van der Waals surface area contributed by atoms with Crippen molar-refractivity contribution in [3.63, 3.8) is 0 Å². The maximum atomic E-state index is 13.3. The van der Waals surface area contributed by atoms with Gasteiger partial charge in [-0.1, -0.05) is 0 Å². The van der Waals surface area contributed by atoms with Gasteiger partial charge in [0.25, 0.3) is 0 Å². The minimum atomic E-state index is -1.02. The summed E-state index contributed by atoms with van der Waals surface area (Å²) in [5.41, 5.74) is -0.0700. The first-order valence-electron chi connectivity index (χ1n) is 4.02. The summed E-state index contributed by atoms with van der Waals surface area (Å²) in [5.74, 6) is -2.27. The summed E-state index contributed by atoms with van der Waals surface area (Å²) < 4.78 is 26.4. The van der Waals surface area contributed by atoms with Gasteiger partial charge in [-0.3, -0.25) is 0 Å². The molecular formula is C9H10BrF2NO. The SMILES string of the molecule is CN[C@H](C)c1c(O)c(Br)cc(F)c1F. The molecule has 0 saturated carbocycles. The third-order valence-corrected chi connectivity index (χ3v) is 2.65. The van der Waals surface area contributed by atoms with Gasteiger partial charge in [-0.15, -0.1) is 0 Å². The van der Waals surface area contributed by atoms with Gasteiger partial charge in [0.1, 0.15) is 5.75 Å². The van der Waals surface area contributed by atoms with Crippen molar-refractivity contribution in [2.45, 2.75) is 13.0 Å². The maximum absolute atomic E-state index is 13.3. The summed E-state index contributed by atoms with van der Waals surface area (Å²) in [7, 11) is 1.60. The Balaban J connectivity index is 3.39. The number of rotatable bonds is 2. The molecule has 0 aromatic heterocycles. The number of benzene rings is 1. The lowest BCUT2D eigenvalue weighted by Gasteiger charge is -2.14. The van der Waals surface area contributed by atoms with Gasteiger partial charge in [-0.25, -0.2) is 8.78 Å². The fourth-order valence-electron chi connectivity index (χ4n) is 1.14. The summed E-state index contributed by atoms with van der Waals surface area (Å²) in [5, 5.41) is 12.2. The van der Waals surface area contributed by atoms with Crippen LogP contribution in [-0.4, -0.2) is 12.2 Å². The molecule has 0 aliphatic heterocycles. The molecule has 0 radical (unpaired) electrons. The molecule has 0 fully saturated rings. The van der Waals surface area contributed by atoms with E-state index < -0.39 is 17.7 Å². The molecule has 0 heterocycles. The predicted octanol–water partition coefficient (Wildman–Crippen LogP) is 2.71. The lowest BCUT2D eigenvalue weighted by Crippen LogP contribution is -2.15. The van der Waals surface area contributed by atoms with Crippen LogP contribution in [0.2, 0.25) is 0 Å². The molecule has 2 N–H and O–H groups in total. The number of aromatic hydroxyl groups is 1. The fraction of sp³-hybridized carbons (Fsp3) is 0.333. The molecule has 0 spiro atoms. The first-order valence-corrected chi connectivity index (χ1v) is 4.82. The summed E-state index contributed by atoms with van der Waals surface area (Å²) in [4.78, 5) is 0. The van der Waals surface area contributed by atoms with Crippen molar-refractivity contribution in [3.05, 3.63) is 27.7 Å². The topological polar surface area (TPSA) is 32.3 Å². The van der Waals surface area contributed by atoms with E-state index in [9.17, 15) is 13.9 Å². The standard InChI is InChI=1S/C9H10BrF2NO/c1-4(13-2)7-8(12)6(11)3-5(10)9(7)14/h3-4,13-14H,1-2H3/t4-/m1/s1. The van der Waals surface area contributed by atoms with E-state index in [1.54, 1.807) is 14.0 Å². The van der Waals surface area contributed by atoms with Crippen molar-refractivity contribution in [1.82, 2.24) is 5.32 Å². The summed E-state index contributed by atoms with van der Waals surface area (Å²) in [6, 6.07) is 0.443. The van der Waals surface area contributed by atoms with Gasteiger partial charge in [-0.05, 0) is 36.0 Å². The van der Waals surface area contributed by atoms with Crippen LogP contribution in [0.4, 0.5) is 8.78 Å². The molecule has 1 rings (SSSR count). The van der Waals surface area contributed by atoms with Crippen LogP contribution in [0.1, 0.15) is 18.5 Å². The lowest BCUT2D eigenvalue weighted by molar-refractivity contribution is 0.422. The normalized spacial score (nSPS) is 12.9. The molecule has 78 valence electrons. The predicted molar refractivity (Wildman–Crippen MR) is 53.2 cm³/mol. The van der Waals surface area contributed by atoms with E-state index in [1.165, 1.54) is 0 Å². The van der Waals surface area contributed by atoms with E-state index in [1.807, 2.05) is 0 Å². The number of nitrogens with one attached hydrogen (secondary N) is 1. The maximum Gasteiger partial charge on any atom is 0.167 e. The zero-order valence-electron chi connectivity index (χ0n) is 7.74. The van der Waals surface area contributed by atoms with Crippen molar-refractivity contribution >= 4 is 15.9 Å². The van der Waals surface area contributed by atoms with Gasteiger partial charge < -0.3 is 10.4 Å². The van der Waals surface area contributed by atoms with Crippen LogP contribution in [-0.2, 0) is 0 Å². The van der Waals surface area contributed by atoms with E-state index in [-0.39, 0.29) is 15.8 Å². The first kappa shape index (κ1) is 11.4. The molecule has 0 saturated heterocycles. The highest BCUT2D eigenvalue weighted by molar-refractivity contribution is 9.10. The van der Waals surface area contributed by atoms with Gasteiger partial charge in [0.2, 0.25) is 0 Å². The highest BCUT2D eigenvalue weighted by Crippen LogP contribution is 2.35. The third-order valence-electron chi connectivity index (χ3n) is 2.05. The van der Waals surface area contributed by atoms with Crippen LogP contribution >= 0.6 is 15.9 Å². The fourth-order valence-corrected chi connectivity index (χ4v) is 1.56. The monoisotopic (exact) mass is 265 g/mol. The highest BCUT2D eigenvalue weighted by atomic mass is 79.9. The van der Waals surface area contributed by atoms with Gasteiger partial charge in [0, 0.05) is 6.04 Å². The van der Waals surface area contributed by atoms with E-state index in [0.29, 0.717) is 0 Å². The van der Waals surface area contributed by atoms with Crippen LogP contribution in [0.15, 0.2) is 10.5 Å². The average Bonchev–Trinajstić information content (AvgIpc) is 2.15. The number of phenolic OH excluding ortho intramolecular Hbond substituents is 1. The minimum Gasteiger partial charge on any atom is -0.506 e. The molecule has 0 amide bonds. The Morgan fingerprint density at radius 2 is 2.07 bits per heavy atom. The van der Waals surface area contributed by atoms with E-state index in [2.05, 4.69) is 21.2 Å². The molecule has 2 nitrogen and oxygen atoms in total. The first-order chi connectivity index (χ1) is 6.49. The van der Waals surface area contributed by atoms with E-state index >= 15 is 0 Å². The van der Waals surface area contributed by atoms with Crippen LogP contribution in [0.5, 0.6) is 5.75 Å². The summed E-state index contributed by atoms with van der Waals surface area (Å²) in [6.45, 7) is 1.63. The number of halogens is 3. The molecular weight excluding hydrogens is 256 g/mol. The Morgan fingerprint density at radius 1 is 1.50 bits per heavy atom. The molecule has 0 aliphatic rings. The van der Waals surface area contributed by atoms with Gasteiger partial charge in [-0.2, -0.15) is 0 Å². The van der Waals surface area contributed by atoms with E-state index in [4.69, 9.17) is 0 Å². The van der Waals surface area contributed by atoms with Crippen LogP contribution in [0.25, 0.3) is 0 Å². The molecule has 5 heteroatoms. The molecule has 14 heavy (non-hydrogen) atoms. The summed E-state index contributed by atoms with van der Waals surface area (Å²) in [6.07, 6.45) is 0. The molecule has 0 unspecified atom stereocenters. The van der Waals surface area contributed by atoms with Crippen molar-refractivity contribution in [2.75, 3.05) is 7.05 Å². The van der Waals surface area contributed by atoms with Crippen molar-refractivity contribution < 1.29 is 13.9 Å². The Bertz CT molecular complexity index is 331. The third kappa shape index (κ3) is 1.88. The lowest BCUT2D eigenvalue weighted by atomic mass is 10.1. The molecule has 0 bridgehead atoms. The van der Waals surface area contributed by atoms with Gasteiger partial charge in [0.15, 0.2) is 11.6 Å². The van der Waals surface area contributed by atoms with E-state index in [0.717, 1.165) is 6.07 Å². The Kier molecular flexibility index (Phi) is 3.44. The second kappa shape index (κ2) is 4.23. The highest BCUT2D eigenvalue weighted by Gasteiger charge is 2.20. The average molecular weight is 266 g/mol. The zero-order chi connectivity index (χ0) is 10.9. The smallest absolute Gasteiger partial charge is 0.167 e. The molecule has 0 aliphatic carbocycles. The number of hydrogen-bond donors (Lipinski definition) is 2. The van der Waals surface area contributed by atoms with Crippen molar-refractivity contribution in [3.8, 4) is 5.75 Å². The Morgan fingerprint density at radius 3 is 2.57 bits per heavy atom. The molecule has 1 aromatic carbocycles.